The number of aryl methyl sites for hydroxylation is 1. The molecular formula is C15H15Cl3N2O. The fourth-order valence-electron chi connectivity index (χ4n) is 1.83. The quantitative estimate of drug-likeness (QED) is 0.751. The maximum Gasteiger partial charge on any atom is 0.219 e. The van der Waals surface area contributed by atoms with E-state index in [4.69, 9.17) is 39.5 Å². The van der Waals surface area contributed by atoms with Gasteiger partial charge in [0, 0.05) is 24.4 Å². The van der Waals surface area contributed by atoms with Crippen molar-refractivity contribution in [2.24, 2.45) is 0 Å². The second-order valence-corrected chi connectivity index (χ2v) is 5.76. The Labute approximate surface area is 139 Å². The predicted octanol–water partition coefficient (Wildman–Crippen LogP) is 5.25. The number of aromatic nitrogens is 1. The van der Waals surface area contributed by atoms with Crippen molar-refractivity contribution in [1.82, 2.24) is 10.3 Å². The number of halogens is 3. The maximum atomic E-state index is 6.11. The first kappa shape index (κ1) is 16.4. The first-order valence-electron chi connectivity index (χ1n) is 6.50. The summed E-state index contributed by atoms with van der Waals surface area (Å²) < 4.78 is 5.73. The van der Waals surface area contributed by atoms with Crippen molar-refractivity contribution in [1.29, 1.82) is 0 Å². The molecule has 0 bridgehead atoms. The molecule has 1 heterocycles. The average Bonchev–Trinajstić information content (AvgIpc) is 2.42. The van der Waals surface area contributed by atoms with Crippen molar-refractivity contribution in [3.8, 4) is 11.6 Å². The predicted molar refractivity (Wildman–Crippen MR) is 87.9 cm³/mol. The molecule has 0 aliphatic rings. The van der Waals surface area contributed by atoms with Crippen LogP contribution >= 0.6 is 34.8 Å². The van der Waals surface area contributed by atoms with Crippen LogP contribution in [-0.2, 0) is 6.54 Å². The molecule has 0 aliphatic heterocycles. The standard InChI is InChI=1S/C15H15Cl3N2O/c1-3-19-8-10-4-9(2)20-15(5-10)21-14-7-12(17)11(16)6-13(14)18/h4-7,19H,3,8H2,1-2H3. The van der Waals surface area contributed by atoms with Gasteiger partial charge in [-0.05, 0) is 31.2 Å². The van der Waals surface area contributed by atoms with Gasteiger partial charge in [-0.25, -0.2) is 4.98 Å². The average molecular weight is 346 g/mol. The molecule has 1 aromatic heterocycles. The van der Waals surface area contributed by atoms with E-state index < -0.39 is 0 Å². The first-order valence-corrected chi connectivity index (χ1v) is 7.63. The number of hydrogen-bond donors (Lipinski definition) is 1. The monoisotopic (exact) mass is 344 g/mol. The summed E-state index contributed by atoms with van der Waals surface area (Å²) in [7, 11) is 0. The van der Waals surface area contributed by atoms with Gasteiger partial charge in [0.25, 0.3) is 0 Å². The molecule has 112 valence electrons. The summed E-state index contributed by atoms with van der Waals surface area (Å²) in [6, 6.07) is 7.01. The fourth-order valence-corrected chi connectivity index (χ4v) is 2.40. The van der Waals surface area contributed by atoms with Crippen molar-refractivity contribution in [2.45, 2.75) is 20.4 Å². The van der Waals surface area contributed by atoms with Gasteiger partial charge in [-0.3, -0.25) is 0 Å². The van der Waals surface area contributed by atoms with Crippen molar-refractivity contribution in [2.75, 3.05) is 6.54 Å². The van der Waals surface area contributed by atoms with Crippen LogP contribution in [0.25, 0.3) is 0 Å². The lowest BCUT2D eigenvalue weighted by molar-refractivity contribution is 0.460. The zero-order valence-corrected chi connectivity index (χ0v) is 14.0. The molecule has 2 aromatic rings. The molecule has 0 saturated heterocycles. The van der Waals surface area contributed by atoms with Crippen LogP contribution in [0.2, 0.25) is 15.1 Å². The van der Waals surface area contributed by atoms with Crippen LogP contribution in [0.1, 0.15) is 18.2 Å². The molecule has 0 atom stereocenters. The summed E-state index contributed by atoms with van der Waals surface area (Å²) in [6.07, 6.45) is 0. The van der Waals surface area contributed by atoms with E-state index in [1.165, 1.54) is 0 Å². The van der Waals surface area contributed by atoms with Gasteiger partial charge in [-0.1, -0.05) is 41.7 Å². The highest BCUT2D eigenvalue weighted by Crippen LogP contribution is 2.36. The zero-order chi connectivity index (χ0) is 15.4. The van der Waals surface area contributed by atoms with E-state index in [9.17, 15) is 0 Å². The van der Waals surface area contributed by atoms with Gasteiger partial charge in [0.15, 0.2) is 0 Å². The van der Waals surface area contributed by atoms with Crippen LogP contribution in [0.5, 0.6) is 11.6 Å². The molecule has 2 rings (SSSR count). The number of nitrogens with zero attached hydrogens (tertiary/aromatic N) is 1. The third-order valence-electron chi connectivity index (χ3n) is 2.76. The Balaban J connectivity index is 2.27. The lowest BCUT2D eigenvalue weighted by Crippen LogP contribution is -2.12. The van der Waals surface area contributed by atoms with Crippen LogP contribution in [-0.4, -0.2) is 11.5 Å². The Morgan fingerprint density at radius 3 is 2.48 bits per heavy atom. The van der Waals surface area contributed by atoms with E-state index in [1.54, 1.807) is 12.1 Å². The summed E-state index contributed by atoms with van der Waals surface area (Å²) in [5.41, 5.74) is 1.96. The van der Waals surface area contributed by atoms with Crippen molar-refractivity contribution in [3.63, 3.8) is 0 Å². The number of nitrogens with one attached hydrogen (secondary N) is 1. The van der Waals surface area contributed by atoms with Crippen LogP contribution in [0.15, 0.2) is 24.3 Å². The Kier molecular flexibility index (Phi) is 5.71. The minimum Gasteiger partial charge on any atom is -0.437 e. The molecule has 0 spiro atoms. The number of hydrogen-bond acceptors (Lipinski definition) is 3. The molecule has 0 aliphatic carbocycles. The van der Waals surface area contributed by atoms with E-state index in [-0.39, 0.29) is 0 Å². The summed E-state index contributed by atoms with van der Waals surface area (Å²) in [5.74, 6) is 0.904. The third kappa shape index (κ3) is 4.48. The Morgan fingerprint density at radius 1 is 1.05 bits per heavy atom. The minimum absolute atomic E-state index is 0.386. The lowest BCUT2D eigenvalue weighted by Gasteiger charge is -2.11. The minimum atomic E-state index is 0.386. The molecule has 0 unspecified atom stereocenters. The molecule has 0 fully saturated rings. The largest absolute Gasteiger partial charge is 0.437 e. The van der Waals surface area contributed by atoms with E-state index in [2.05, 4.69) is 17.2 Å². The Bertz CT molecular complexity index is 647. The molecule has 0 saturated carbocycles. The van der Waals surface area contributed by atoms with Gasteiger partial charge in [-0.15, -0.1) is 0 Å². The van der Waals surface area contributed by atoms with E-state index in [0.29, 0.717) is 26.7 Å². The molecule has 1 N–H and O–H groups in total. The van der Waals surface area contributed by atoms with Crippen LogP contribution in [0, 0.1) is 6.92 Å². The number of ether oxygens (including phenoxy) is 1. The Hall–Kier alpha value is -1.000. The first-order chi connectivity index (χ1) is 9.99. The highest BCUT2D eigenvalue weighted by Gasteiger charge is 2.10. The van der Waals surface area contributed by atoms with E-state index in [0.717, 1.165) is 24.3 Å². The molecule has 3 nitrogen and oxygen atoms in total. The highest BCUT2D eigenvalue weighted by molar-refractivity contribution is 6.43. The molecule has 1 aromatic carbocycles. The van der Waals surface area contributed by atoms with E-state index in [1.807, 2.05) is 19.1 Å². The van der Waals surface area contributed by atoms with Gasteiger partial charge in [0.05, 0.1) is 15.1 Å². The molecule has 21 heavy (non-hydrogen) atoms. The lowest BCUT2D eigenvalue weighted by atomic mass is 10.2. The van der Waals surface area contributed by atoms with Crippen LogP contribution in [0.4, 0.5) is 0 Å². The van der Waals surface area contributed by atoms with Gasteiger partial charge >= 0.3 is 0 Å². The summed E-state index contributed by atoms with van der Waals surface area (Å²) >= 11 is 18.0. The fraction of sp³-hybridized carbons (Fsp3) is 0.267. The van der Waals surface area contributed by atoms with Crippen molar-refractivity contribution >= 4 is 34.8 Å². The van der Waals surface area contributed by atoms with E-state index >= 15 is 0 Å². The zero-order valence-electron chi connectivity index (χ0n) is 11.7. The molecule has 6 heteroatoms. The van der Waals surface area contributed by atoms with Crippen molar-refractivity contribution < 1.29 is 4.74 Å². The summed E-state index contributed by atoms with van der Waals surface area (Å²) in [4.78, 5) is 4.35. The molecular weight excluding hydrogens is 331 g/mol. The van der Waals surface area contributed by atoms with Crippen LogP contribution in [0.3, 0.4) is 0 Å². The highest BCUT2D eigenvalue weighted by atomic mass is 35.5. The molecule has 0 radical (unpaired) electrons. The summed E-state index contributed by atoms with van der Waals surface area (Å²) in [6.45, 7) is 5.63. The van der Waals surface area contributed by atoms with Gasteiger partial charge in [-0.2, -0.15) is 0 Å². The topological polar surface area (TPSA) is 34.2 Å². The third-order valence-corrected chi connectivity index (χ3v) is 3.78. The second-order valence-electron chi connectivity index (χ2n) is 4.53. The Morgan fingerprint density at radius 2 is 1.76 bits per heavy atom. The number of pyridine rings is 1. The smallest absolute Gasteiger partial charge is 0.219 e. The van der Waals surface area contributed by atoms with Gasteiger partial charge in [0.2, 0.25) is 5.88 Å². The van der Waals surface area contributed by atoms with Crippen LogP contribution < -0.4 is 10.1 Å². The van der Waals surface area contributed by atoms with Crippen molar-refractivity contribution in [3.05, 3.63) is 50.6 Å². The SMILES string of the molecule is CCNCc1cc(C)nc(Oc2cc(Cl)c(Cl)cc2Cl)c1. The number of rotatable bonds is 5. The normalized spacial score (nSPS) is 10.7. The number of benzene rings is 1. The van der Waals surface area contributed by atoms with Gasteiger partial charge in [0.1, 0.15) is 5.75 Å². The molecule has 0 amide bonds. The maximum absolute atomic E-state index is 6.11. The second kappa shape index (κ2) is 7.32. The van der Waals surface area contributed by atoms with Gasteiger partial charge < -0.3 is 10.1 Å². The summed E-state index contributed by atoms with van der Waals surface area (Å²) in [5, 5.41) is 4.43.